The average molecular weight is 294 g/mol. The highest BCUT2D eigenvalue weighted by atomic mass is 19.4. The fourth-order valence-electron chi connectivity index (χ4n) is 2.27. The lowest BCUT2D eigenvalue weighted by atomic mass is 10.1. The van der Waals surface area contributed by atoms with E-state index in [1.54, 1.807) is 18.2 Å². The summed E-state index contributed by atoms with van der Waals surface area (Å²) in [5.41, 5.74) is 1.03. The molecule has 0 saturated carbocycles. The molecule has 0 fully saturated rings. The summed E-state index contributed by atoms with van der Waals surface area (Å²) in [6.45, 7) is 1.41. The molecule has 2 aromatic heterocycles. The van der Waals surface area contributed by atoms with E-state index in [-0.39, 0.29) is 11.4 Å². The predicted octanol–water partition coefficient (Wildman–Crippen LogP) is 4.70. The number of rotatable bonds is 1. The Morgan fingerprint density at radius 1 is 1.10 bits per heavy atom. The van der Waals surface area contributed by atoms with Gasteiger partial charge in [-0.1, -0.05) is 0 Å². The smallest absolute Gasteiger partial charge is 0.339 e. The summed E-state index contributed by atoms with van der Waals surface area (Å²) in [6, 6.07) is 7.30. The number of benzene rings is 1. The Hall–Kier alpha value is -2.37. The van der Waals surface area contributed by atoms with Crippen molar-refractivity contribution in [2.75, 3.05) is 0 Å². The summed E-state index contributed by atoms with van der Waals surface area (Å²) in [5, 5.41) is 0.407. The van der Waals surface area contributed by atoms with Crippen LogP contribution in [0.2, 0.25) is 0 Å². The van der Waals surface area contributed by atoms with E-state index in [2.05, 4.69) is 9.97 Å². The number of aromatic amines is 1. The van der Waals surface area contributed by atoms with Gasteiger partial charge in [0.05, 0.1) is 5.56 Å². The van der Waals surface area contributed by atoms with Crippen LogP contribution in [0.3, 0.4) is 0 Å². The van der Waals surface area contributed by atoms with Crippen molar-refractivity contribution < 1.29 is 17.6 Å². The van der Waals surface area contributed by atoms with Crippen LogP contribution in [0.1, 0.15) is 11.1 Å². The van der Waals surface area contributed by atoms with E-state index in [0.29, 0.717) is 22.3 Å². The highest BCUT2D eigenvalue weighted by molar-refractivity contribution is 5.86. The maximum absolute atomic E-state index is 12.9. The molecule has 2 heterocycles. The largest absolute Gasteiger partial charge is 0.418 e. The molecular weight excluding hydrogens is 284 g/mol. The predicted molar refractivity (Wildman–Crippen MR) is 71.2 cm³/mol. The number of aromatic nitrogens is 2. The van der Waals surface area contributed by atoms with Gasteiger partial charge in [-0.15, -0.1) is 0 Å². The topological polar surface area (TPSA) is 28.7 Å². The van der Waals surface area contributed by atoms with Crippen molar-refractivity contribution in [3.8, 4) is 11.3 Å². The zero-order chi connectivity index (χ0) is 15.2. The van der Waals surface area contributed by atoms with Crippen molar-refractivity contribution in [3.63, 3.8) is 0 Å². The van der Waals surface area contributed by atoms with Crippen LogP contribution in [0.4, 0.5) is 17.6 Å². The van der Waals surface area contributed by atoms with Crippen molar-refractivity contribution in [3.05, 3.63) is 53.5 Å². The van der Waals surface area contributed by atoms with Gasteiger partial charge < -0.3 is 4.98 Å². The maximum atomic E-state index is 12.9. The fourth-order valence-corrected chi connectivity index (χ4v) is 2.27. The number of nitrogens with zero attached hydrogens (tertiary/aromatic N) is 1. The molecule has 0 atom stereocenters. The first-order valence-corrected chi connectivity index (χ1v) is 6.18. The molecule has 0 aliphatic carbocycles. The molecule has 0 spiro atoms. The highest BCUT2D eigenvalue weighted by Crippen LogP contribution is 2.35. The van der Waals surface area contributed by atoms with E-state index in [4.69, 9.17) is 0 Å². The van der Waals surface area contributed by atoms with Crippen molar-refractivity contribution in [2.45, 2.75) is 13.1 Å². The Labute approximate surface area is 117 Å². The molecule has 0 aliphatic heterocycles. The summed E-state index contributed by atoms with van der Waals surface area (Å²) in [6.07, 6.45) is -3.61. The van der Waals surface area contributed by atoms with Gasteiger partial charge in [0.25, 0.3) is 0 Å². The molecule has 0 aliphatic rings. The number of hydrogen-bond donors (Lipinski definition) is 1. The number of hydrogen-bond acceptors (Lipinski definition) is 1. The third kappa shape index (κ3) is 2.37. The molecule has 0 radical (unpaired) electrons. The van der Waals surface area contributed by atoms with E-state index in [1.165, 1.54) is 19.1 Å². The average Bonchev–Trinajstić information content (AvgIpc) is 2.83. The summed E-state index contributed by atoms with van der Waals surface area (Å²) in [5.74, 6) is -0.372. The summed E-state index contributed by atoms with van der Waals surface area (Å²) >= 11 is 0. The van der Waals surface area contributed by atoms with Gasteiger partial charge in [0.1, 0.15) is 11.5 Å². The maximum Gasteiger partial charge on any atom is 0.418 e. The third-order valence-corrected chi connectivity index (χ3v) is 3.39. The number of H-pyrrole nitrogens is 1. The van der Waals surface area contributed by atoms with Gasteiger partial charge in [-0.05, 0) is 48.4 Å². The number of nitrogens with one attached hydrogen (secondary N) is 1. The molecule has 1 N–H and O–H groups in total. The van der Waals surface area contributed by atoms with Crippen LogP contribution < -0.4 is 0 Å². The second kappa shape index (κ2) is 4.58. The lowest BCUT2D eigenvalue weighted by molar-refractivity contribution is -0.138. The number of pyridine rings is 1. The first kappa shape index (κ1) is 13.6. The zero-order valence-corrected chi connectivity index (χ0v) is 10.9. The Morgan fingerprint density at radius 2 is 1.76 bits per heavy atom. The quantitative estimate of drug-likeness (QED) is 0.648. The molecule has 2 nitrogen and oxygen atoms in total. The van der Waals surface area contributed by atoms with E-state index in [0.717, 1.165) is 6.20 Å². The van der Waals surface area contributed by atoms with E-state index < -0.39 is 11.7 Å². The second-order valence-electron chi connectivity index (χ2n) is 4.75. The molecule has 108 valence electrons. The summed E-state index contributed by atoms with van der Waals surface area (Å²) < 4.78 is 51.5. The number of alkyl halides is 3. The van der Waals surface area contributed by atoms with Crippen LogP contribution in [0.25, 0.3) is 22.3 Å². The molecule has 0 bridgehead atoms. The lowest BCUT2D eigenvalue weighted by Gasteiger charge is -2.09. The molecule has 6 heteroatoms. The van der Waals surface area contributed by atoms with Crippen LogP contribution in [0.5, 0.6) is 0 Å². The number of fused-ring (bicyclic) bond motifs is 1. The fraction of sp³-hybridized carbons (Fsp3) is 0.133. The third-order valence-electron chi connectivity index (χ3n) is 3.39. The monoisotopic (exact) mass is 294 g/mol. The standard InChI is InChI=1S/C15H10F4N2/c1-8-11-6-13(9-2-4-10(16)5-3-9)21-14(11)20-7-12(8)15(17,18)19/h2-7H,1H3,(H,20,21). The molecule has 0 amide bonds. The molecular formula is C15H10F4N2. The summed E-state index contributed by atoms with van der Waals surface area (Å²) in [7, 11) is 0. The lowest BCUT2D eigenvalue weighted by Crippen LogP contribution is -2.08. The van der Waals surface area contributed by atoms with Crippen LogP contribution in [-0.2, 0) is 6.18 Å². The van der Waals surface area contributed by atoms with Gasteiger partial charge in [-0.3, -0.25) is 0 Å². The number of aryl methyl sites for hydroxylation is 1. The van der Waals surface area contributed by atoms with Crippen LogP contribution >= 0.6 is 0 Å². The molecule has 21 heavy (non-hydrogen) atoms. The minimum absolute atomic E-state index is 0.122. The molecule has 3 aromatic rings. The van der Waals surface area contributed by atoms with Gasteiger partial charge in [-0.2, -0.15) is 13.2 Å². The van der Waals surface area contributed by atoms with Gasteiger partial charge in [-0.25, -0.2) is 9.37 Å². The Kier molecular flexibility index (Phi) is 2.97. The first-order valence-electron chi connectivity index (χ1n) is 6.18. The molecule has 3 rings (SSSR count). The van der Waals surface area contributed by atoms with Gasteiger partial charge >= 0.3 is 6.18 Å². The highest BCUT2D eigenvalue weighted by Gasteiger charge is 2.33. The normalized spacial score (nSPS) is 12.0. The van der Waals surface area contributed by atoms with Crippen LogP contribution in [0.15, 0.2) is 36.5 Å². The number of halogens is 4. The first-order chi connectivity index (χ1) is 9.86. The van der Waals surface area contributed by atoms with Crippen LogP contribution in [-0.4, -0.2) is 9.97 Å². The van der Waals surface area contributed by atoms with Crippen LogP contribution in [0, 0.1) is 12.7 Å². The van der Waals surface area contributed by atoms with Gasteiger partial charge in [0.2, 0.25) is 0 Å². The van der Waals surface area contributed by atoms with E-state index in [1.807, 2.05) is 0 Å². The second-order valence-corrected chi connectivity index (χ2v) is 4.75. The van der Waals surface area contributed by atoms with E-state index in [9.17, 15) is 17.6 Å². The Balaban J connectivity index is 2.16. The minimum atomic E-state index is -4.43. The molecule has 0 unspecified atom stereocenters. The van der Waals surface area contributed by atoms with Crippen molar-refractivity contribution >= 4 is 11.0 Å². The van der Waals surface area contributed by atoms with Gasteiger partial charge in [0, 0.05) is 17.3 Å². The van der Waals surface area contributed by atoms with Crippen molar-refractivity contribution in [1.82, 2.24) is 9.97 Å². The molecule has 0 saturated heterocycles. The van der Waals surface area contributed by atoms with Crippen molar-refractivity contribution in [2.24, 2.45) is 0 Å². The Bertz CT molecular complexity index is 801. The zero-order valence-electron chi connectivity index (χ0n) is 10.9. The Morgan fingerprint density at radius 3 is 2.38 bits per heavy atom. The van der Waals surface area contributed by atoms with Crippen molar-refractivity contribution in [1.29, 1.82) is 0 Å². The SMILES string of the molecule is Cc1c(C(F)(F)F)cnc2[nH]c(-c3ccc(F)cc3)cc12. The van der Waals surface area contributed by atoms with Gasteiger partial charge in [0.15, 0.2) is 0 Å². The summed E-state index contributed by atoms with van der Waals surface area (Å²) in [4.78, 5) is 6.77. The van der Waals surface area contributed by atoms with E-state index >= 15 is 0 Å². The molecule has 1 aromatic carbocycles. The minimum Gasteiger partial charge on any atom is -0.339 e.